The van der Waals surface area contributed by atoms with Gasteiger partial charge in [0.15, 0.2) is 0 Å². The number of aryl methyl sites for hydroxylation is 1. The number of carbonyl (C=O) groups is 1. The Morgan fingerprint density at radius 3 is 2.58 bits per heavy atom. The Labute approximate surface area is 114 Å². The van der Waals surface area contributed by atoms with E-state index in [2.05, 4.69) is 4.90 Å². The first-order chi connectivity index (χ1) is 9.19. The zero-order valence-corrected chi connectivity index (χ0v) is 11.5. The van der Waals surface area contributed by atoms with E-state index in [4.69, 9.17) is 5.73 Å². The Bertz CT molecular complexity index is 470. The first-order valence-corrected chi connectivity index (χ1v) is 7.18. The second kappa shape index (κ2) is 4.89. The molecule has 1 aromatic heterocycles. The molecule has 0 atom stereocenters. The maximum Gasteiger partial charge on any atom is 0.270 e. The van der Waals surface area contributed by atoms with E-state index in [1.165, 1.54) is 12.8 Å². The summed E-state index contributed by atoms with van der Waals surface area (Å²) in [5.41, 5.74) is 7.18. The minimum absolute atomic E-state index is 0.119. The quantitative estimate of drug-likeness (QED) is 0.884. The van der Waals surface area contributed by atoms with Crippen molar-refractivity contribution in [2.45, 2.75) is 32.4 Å². The van der Waals surface area contributed by atoms with Crippen molar-refractivity contribution in [3.05, 3.63) is 18.0 Å². The highest BCUT2D eigenvalue weighted by Crippen LogP contribution is 2.27. The maximum atomic E-state index is 12.5. The molecule has 1 amide bonds. The smallest absolute Gasteiger partial charge is 0.270 e. The molecular formula is C14H22N4O. The van der Waals surface area contributed by atoms with Gasteiger partial charge in [-0.3, -0.25) is 9.69 Å². The number of nitrogens with zero attached hydrogens (tertiary/aromatic N) is 3. The number of aromatic nitrogens is 1. The van der Waals surface area contributed by atoms with Crippen molar-refractivity contribution >= 4 is 11.6 Å². The van der Waals surface area contributed by atoms with Gasteiger partial charge in [0, 0.05) is 45.0 Å². The average Bonchev–Trinajstić information content (AvgIpc) is 3.21. The van der Waals surface area contributed by atoms with Crippen molar-refractivity contribution in [3.8, 4) is 0 Å². The summed E-state index contributed by atoms with van der Waals surface area (Å²) in [7, 11) is 0. The van der Waals surface area contributed by atoms with Crippen LogP contribution in [0, 0.1) is 0 Å². The minimum Gasteiger partial charge on any atom is -0.397 e. The summed E-state index contributed by atoms with van der Waals surface area (Å²) < 4.78 is 1.94. The number of rotatable bonds is 3. The Morgan fingerprint density at radius 1 is 1.32 bits per heavy atom. The number of piperazine rings is 1. The van der Waals surface area contributed by atoms with E-state index in [1.807, 2.05) is 22.6 Å². The van der Waals surface area contributed by atoms with Crippen molar-refractivity contribution in [1.29, 1.82) is 0 Å². The number of amides is 1. The maximum absolute atomic E-state index is 12.5. The van der Waals surface area contributed by atoms with Crippen molar-refractivity contribution in [2.75, 3.05) is 31.9 Å². The highest BCUT2D eigenvalue weighted by Gasteiger charge is 2.32. The molecule has 104 valence electrons. The molecule has 0 spiro atoms. The van der Waals surface area contributed by atoms with Gasteiger partial charge in [0.1, 0.15) is 5.69 Å². The highest BCUT2D eigenvalue weighted by molar-refractivity contribution is 5.94. The zero-order chi connectivity index (χ0) is 13.4. The van der Waals surface area contributed by atoms with Crippen LogP contribution in [0.5, 0.6) is 0 Å². The van der Waals surface area contributed by atoms with E-state index in [9.17, 15) is 4.79 Å². The van der Waals surface area contributed by atoms with E-state index in [-0.39, 0.29) is 5.91 Å². The van der Waals surface area contributed by atoms with Gasteiger partial charge in [0.05, 0.1) is 5.69 Å². The molecule has 5 nitrogen and oxygen atoms in total. The second-order valence-corrected chi connectivity index (χ2v) is 5.50. The van der Waals surface area contributed by atoms with Gasteiger partial charge in [-0.25, -0.2) is 0 Å². The lowest BCUT2D eigenvalue weighted by Gasteiger charge is -2.34. The monoisotopic (exact) mass is 262 g/mol. The summed E-state index contributed by atoms with van der Waals surface area (Å²) >= 11 is 0. The molecule has 0 aromatic carbocycles. The Balaban J connectivity index is 1.66. The lowest BCUT2D eigenvalue weighted by molar-refractivity contribution is 0.0617. The topological polar surface area (TPSA) is 54.5 Å². The van der Waals surface area contributed by atoms with Crippen LogP contribution in [0.4, 0.5) is 5.69 Å². The van der Waals surface area contributed by atoms with Crippen LogP contribution in [-0.4, -0.2) is 52.5 Å². The molecule has 1 saturated carbocycles. The van der Waals surface area contributed by atoms with Gasteiger partial charge >= 0.3 is 0 Å². The molecule has 0 bridgehead atoms. The summed E-state index contributed by atoms with van der Waals surface area (Å²) in [6, 6.07) is 2.59. The van der Waals surface area contributed by atoms with Crippen molar-refractivity contribution in [1.82, 2.24) is 14.4 Å². The van der Waals surface area contributed by atoms with Crippen LogP contribution < -0.4 is 5.73 Å². The summed E-state index contributed by atoms with van der Waals surface area (Å²) in [4.78, 5) is 17.0. The summed E-state index contributed by atoms with van der Waals surface area (Å²) in [6.45, 7) is 6.51. The Morgan fingerprint density at radius 2 is 2.00 bits per heavy atom. The third-order valence-corrected chi connectivity index (χ3v) is 4.14. The fourth-order valence-corrected chi connectivity index (χ4v) is 2.87. The molecule has 1 saturated heterocycles. The molecular weight excluding hydrogens is 240 g/mol. The Kier molecular flexibility index (Phi) is 3.22. The van der Waals surface area contributed by atoms with Gasteiger partial charge < -0.3 is 15.2 Å². The van der Waals surface area contributed by atoms with Crippen LogP contribution in [0.1, 0.15) is 30.3 Å². The number of carbonyl (C=O) groups excluding carboxylic acids is 1. The number of hydrogen-bond donors (Lipinski definition) is 1. The molecule has 1 aliphatic heterocycles. The Hall–Kier alpha value is -1.49. The largest absolute Gasteiger partial charge is 0.397 e. The van der Waals surface area contributed by atoms with Crippen LogP contribution in [0.25, 0.3) is 0 Å². The predicted molar refractivity (Wildman–Crippen MR) is 75.0 cm³/mol. The fourth-order valence-electron chi connectivity index (χ4n) is 2.87. The van der Waals surface area contributed by atoms with Gasteiger partial charge in [-0.05, 0) is 25.8 Å². The second-order valence-electron chi connectivity index (χ2n) is 5.50. The molecule has 2 fully saturated rings. The van der Waals surface area contributed by atoms with Crippen LogP contribution in [0.2, 0.25) is 0 Å². The van der Waals surface area contributed by atoms with E-state index >= 15 is 0 Å². The molecule has 2 heterocycles. The SMILES string of the molecule is CCn1cc(N)cc1C(=O)N1CCN(C2CC2)CC1. The lowest BCUT2D eigenvalue weighted by Crippen LogP contribution is -2.49. The molecule has 1 aromatic rings. The van der Waals surface area contributed by atoms with Crippen LogP contribution in [0.3, 0.4) is 0 Å². The molecule has 2 N–H and O–H groups in total. The number of anilines is 1. The van der Waals surface area contributed by atoms with Gasteiger partial charge in [0.2, 0.25) is 0 Å². The number of nitrogen functional groups attached to an aromatic ring is 1. The normalized spacial score (nSPS) is 20.8. The van der Waals surface area contributed by atoms with E-state index < -0.39 is 0 Å². The summed E-state index contributed by atoms with van der Waals surface area (Å²) in [5, 5.41) is 0. The third-order valence-electron chi connectivity index (χ3n) is 4.14. The van der Waals surface area contributed by atoms with Crippen LogP contribution in [0.15, 0.2) is 12.3 Å². The standard InChI is InChI=1S/C14H22N4O/c1-2-16-10-11(15)9-13(16)14(19)18-7-5-17(6-8-18)12-3-4-12/h9-10,12H,2-8,15H2,1H3. The molecule has 1 aliphatic carbocycles. The molecule has 5 heteroatoms. The summed E-state index contributed by atoms with van der Waals surface area (Å²) in [6.07, 6.45) is 4.51. The van der Waals surface area contributed by atoms with Crippen LogP contribution >= 0.6 is 0 Å². The zero-order valence-electron chi connectivity index (χ0n) is 11.5. The van der Waals surface area contributed by atoms with E-state index in [0.29, 0.717) is 5.69 Å². The molecule has 3 rings (SSSR count). The predicted octanol–water partition coefficient (Wildman–Crippen LogP) is 1.01. The van der Waals surface area contributed by atoms with Gasteiger partial charge in [-0.2, -0.15) is 0 Å². The fraction of sp³-hybridized carbons (Fsp3) is 0.643. The van der Waals surface area contributed by atoms with Crippen molar-refractivity contribution in [2.24, 2.45) is 0 Å². The molecule has 0 radical (unpaired) electrons. The molecule has 2 aliphatic rings. The molecule has 19 heavy (non-hydrogen) atoms. The first kappa shape index (κ1) is 12.5. The lowest BCUT2D eigenvalue weighted by atomic mass is 10.2. The third kappa shape index (κ3) is 2.47. The van der Waals surface area contributed by atoms with Gasteiger partial charge in [0.25, 0.3) is 5.91 Å². The van der Waals surface area contributed by atoms with E-state index in [1.54, 1.807) is 6.07 Å². The van der Waals surface area contributed by atoms with Crippen LogP contribution in [-0.2, 0) is 6.54 Å². The number of hydrogen-bond acceptors (Lipinski definition) is 3. The highest BCUT2D eigenvalue weighted by atomic mass is 16.2. The summed E-state index contributed by atoms with van der Waals surface area (Å²) in [5.74, 6) is 0.119. The minimum atomic E-state index is 0.119. The van der Waals surface area contributed by atoms with Gasteiger partial charge in [-0.1, -0.05) is 0 Å². The molecule has 0 unspecified atom stereocenters. The van der Waals surface area contributed by atoms with E-state index in [0.717, 1.165) is 44.5 Å². The average molecular weight is 262 g/mol. The first-order valence-electron chi connectivity index (χ1n) is 7.18. The number of nitrogens with two attached hydrogens (primary N) is 1. The van der Waals surface area contributed by atoms with Gasteiger partial charge in [-0.15, -0.1) is 0 Å². The van der Waals surface area contributed by atoms with Crippen molar-refractivity contribution < 1.29 is 4.79 Å². The van der Waals surface area contributed by atoms with Crippen molar-refractivity contribution in [3.63, 3.8) is 0 Å².